The van der Waals surface area contributed by atoms with Crippen LogP contribution in [0, 0.1) is 10.1 Å². The summed E-state index contributed by atoms with van der Waals surface area (Å²) in [6.45, 7) is 0.667. The van der Waals surface area contributed by atoms with Crippen molar-refractivity contribution in [2.75, 3.05) is 12.8 Å². The van der Waals surface area contributed by atoms with Gasteiger partial charge in [-0.1, -0.05) is 12.1 Å². The van der Waals surface area contributed by atoms with Crippen LogP contribution in [0.15, 0.2) is 42.5 Å². The van der Waals surface area contributed by atoms with Crippen molar-refractivity contribution in [3.8, 4) is 5.75 Å². The summed E-state index contributed by atoms with van der Waals surface area (Å²) in [6.07, 6.45) is 0. The maximum Gasteiger partial charge on any atom is 0.269 e. The highest BCUT2D eigenvalue weighted by Crippen LogP contribution is 2.22. The molecule has 0 bridgehead atoms. The Morgan fingerprint density at radius 3 is 2.71 bits per heavy atom. The molecule has 6 nitrogen and oxygen atoms in total. The fourth-order valence-corrected chi connectivity index (χ4v) is 1.88. The Hall–Kier alpha value is -2.60. The van der Waals surface area contributed by atoms with Gasteiger partial charge in [0.1, 0.15) is 12.4 Å². The van der Waals surface area contributed by atoms with Crippen molar-refractivity contribution < 1.29 is 14.4 Å². The van der Waals surface area contributed by atoms with Gasteiger partial charge < -0.3 is 15.2 Å². The molecule has 0 unspecified atom stereocenters. The molecule has 0 fully saturated rings. The van der Waals surface area contributed by atoms with Crippen LogP contribution >= 0.6 is 0 Å². The molecule has 2 rings (SSSR count). The smallest absolute Gasteiger partial charge is 0.269 e. The van der Waals surface area contributed by atoms with E-state index >= 15 is 0 Å². The maximum atomic E-state index is 10.8. The van der Waals surface area contributed by atoms with Crippen LogP contribution in [0.2, 0.25) is 0 Å². The van der Waals surface area contributed by atoms with Gasteiger partial charge in [0.25, 0.3) is 5.69 Å². The Morgan fingerprint density at radius 1 is 1.19 bits per heavy atom. The Morgan fingerprint density at radius 2 is 2.00 bits per heavy atom. The van der Waals surface area contributed by atoms with Gasteiger partial charge in [0.05, 0.1) is 11.5 Å². The lowest BCUT2D eigenvalue weighted by Crippen LogP contribution is -2.02. The average Bonchev–Trinajstić information content (AvgIpc) is 2.47. The van der Waals surface area contributed by atoms with E-state index < -0.39 is 4.92 Å². The van der Waals surface area contributed by atoms with Gasteiger partial charge in [-0.05, 0) is 23.8 Å². The van der Waals surface area contributed by atoms with E-state index in [0.717, 1.165) is 5.56 Å². The number of hydrogen-bond acceptors (Lipinski definition) is 5. The number of hydrogen-bond donors (Lipinski definition) is 1. The first-order chi connectivity index (χ1) is 10.1. The molecule has 2 aromatic rings. The van der Waals surface area contributed by atoms with Crippen molar-refractivity contribution in [3.63, 3.8) is 0 Å². The molecule has 110 valence electrons. The number of benzene rings is 2. The molecule has 2 aromatic carbocycles. The number of non-ortho nitro benzene ring substituents is 1. The Bertz CT molecular complexity index is 643. The number of methoxy groups -OCH3 is 1. The number of ether oxygens (including phenoxy) is 2. The molecule has 0 aliphatic carbocycles. The zero-order chi connectivity index (χ0) is 15.2. The molecule has 0 saturated carbocycles. The van der Waals surface area contributed by atoms with Crippen molar-refractivity contribution in [1.82, 2.24) is 0 Å². The highest BCUT2D eigenvalue weighted by molar-refractivity contribution is 5.52. The standard InChI is InChI=1S/C15H16N2O4/c1-20-9-11-3-2-4-14(7-11)21-10-12-8-13(17(18)19)5-6-15(12)16/h2-8H,9-10,16H2,1H3. The lowest BCUT2D eigenvalue weighted by atomic mass is 10.1. The quantitative estimate of drug-likeness (QED) is 0.501. The number of rotatable bonds is 6. The van der Waals surface area contributed by atoms with E-state index in [1.807, 2.05) is 24.3 Å². The van der Waals surface area contributed by atoms with Crippen molar-refractivity contribution >= 4 is 11.4 Å². The number of nitrogens with two attached hydrogens (primary N) is 1. The van der Waals surface area contributed by atoms with Crippen LogP contribution in [-0.4, -0.2) is 12.0 Å². The predicted molar refractivity (Wildman–Crippen MR) is 79.0 cm³/mol. The van der Waals surface area contributed by atoms with Crippen molar-refractivity contribution in [2.24, 2.45) is 0 Å². The third-order valence-corrected chi connectivity index (χ3v) is 2.94. The molecular formula is C15H16N2O4. The highest BCUT2D eigenvalue weighted by Gasteiger charge is 2.09. The minimum absolute atomic E-state index is 0.00377. The molecular weight excluding hydrogens is 272 g/mol. The van der Waals surface area contributed by atoms with Gasteiger partial charge in [-0.15, -0.1) is 0 Å². The third-order valence-electron chi connectivity index (χ3n) is 2.94. The summed E-state index contributed by atoms with van der Waals surface area (Å²) in [5, 5.41) is 10.8. The number of nitrogens with zero attached hydrogens (tertiary/aromatic N) is 1. The number of nitro groups is 1. The predicted octanol–water partition coefficient (Wildman–Crippen LogP) is 2.90. The minimum Gasteiger partial charge on any atom is -0.489 e. The number of nitrogen functional groups attached to an aromatic ring is 1. The fraction of sp³-hybridized carbons (Fsp3) is 0.200. The van der Waals surface area contributed by atoms with Gasteiger partial charge >= 0.3 is 0 Å². The van der Waals surface area contributed by atoms with E-state index in [1.54, 1.807) is 7.11 Å². The maximum absolute atomic E-state index is 10.8. The first-order valence-corrected chi connectivity index (χ1v) is 6.33. The average molecular weight is 288 g/mol. The molecule has 0 atom stereocenters. The van der Waals surface area contributed by atoms with E-state index in [4.69, 9.17) is 15.2 Å². The fourth-order valence-electron chi connectivity index (χ4n) is 1.88. The van der Waals surface area contributed by atoms with Crippen LogP contribution in [0.1, 0.15) is 11.1 Å². The zero-order valence-electron chi connectivity index (χ0n) is 11.6. The monoisotopic (exact) mass is 288 g/mol. The Labute approximate surface area is 122 Å². The summed E-state index contributed by atoms with van der Waals surface area (Å²) in [5.74, 6) is 0.662. The second-order valence-corrected chi connectivity index (χ2v) is 4.51. The molecule has 6 heteroatoms. The molecule has 0 saturated heterocycles. The van der Waals surface area contributed by atoms with Gasteiger partial charge in [0, 0.05) is 30.5 Å². The van der Waals surface area contributed by atoms with Crippen LogP contribution in [0.5, 0.6) is 5.75 Å². The van der Waals surface area contributed by atoms with Gasteiger partial charge in [-0.3, -0.25) is 10.1 Å². The lowest BCUT2D eigenvalue weighted by Gasteiger charge is -2.09. The number of nitro benzene ring substituents is 1. The van der Waals surface area contributed by atoms with Gasteiger partial charge in [0.2, 0.25) is 0 Å². The molecule has 21 heavy (non-hydrogen) atoms. The molecule has 0 aliphatic rings. The molecule has 0 aromatic heterocycles. The van der Waals surface area contributed by atoms with Crippen LogP contribution in [0.25, 0.3) is 0 Å². The summed E-state index contributed by atoms with van der Waals surface area (Å²) in [4.78, 5) is 10.3. The zero-order valence-corrected chi connectivity index (χ0v) is 11.6. The molecule has 0 aliphatic heterocycles. The second-order valence-electron chi connectivity index (χ2n) is 4.51. The first kappa shape index (κ1) is 14.8. The normalized spacial score (nSPS) is 10.3. The van der Waals surface area contributed by atoms with Crippen molar-refractivity contribution in [3.05, 3.63) is 63.7 Å². The molecule has 0 amide bonds. The topological polar surface area (TPSA) is 87.6 Å². The van der Waals surface area contributed by atoms with Crippen molar-refractivity contribution in [1.29, 1.82) is 0 Å². The Balaban J connectivity index is 2.10. The van der Waals surface area contributed by atoms with Crippen LogP contribution in [-0.2, 0) is 18.0 Å². The summed E-state index contributed by atoms with van der Waals surface area (Å²) < 4.78 is 10.7. The van der Waals surface area contributed by atoms with Gasteiger partial charge in [0.15, 0.2) is 0 Å². The summed E-state index contributed by atoms with van der Waals surface area (Å²) in [5.41, 5.74) is 7.84. The number of anilines is 1. The van der Waals surface area contributed by atoms with Gasteiger partial charge in [-0.25, -0.2) is 0 Å². The SMILES string of the molecule is COCc1cccc(OCc2cc([N+](=O)[O-])ccc2N)c1. The van der Waals surface area contributed by atoms with E-state index in [2.05, 4.69) is 0 Å². The van der Waals surface area contributed by atoms with Crippen molar-refractivity contribution in [2.45, 2.75) is 13.2 Å². The van der Waals surface area contributed by atoms with E-state index in [9.17, 15) is 10.1 Å². The molecule has 0 spiro atoms. The van der Waals surface area contributed by atoms with E-state index in [-0.39, 0.29) is 12.3 Å². The summed E-state index contributed by atoms with van der Waals surface area (Å²) >= 11 is 0. The molecule has 0 radical (unpaired) electrons. The van der Waals surface area contributed by atoms with E-state index in [0.29, 0.717) is 23.6 Å². The van der Waals surface area contributed by atoms with E-state index in [1.165, 1.54) is 18.2 Å². The first-order valence-electron chi connectivity index (χ1n) is 6.33. The molecule has 0 heterocycles. The lowest BCUT2D eigenvalue weighted by molar-refractivity contribution is -0.384. The molecule has 2 N–H and O–H groups in total. The van der Waals surface area contributed by atoms with Crippen LogP contribution in [0.3, 0.4) is 0 Å². The highest BCUT2D eigenvalue weighted by atomic mass is 16.6. The largest absolute Gasteiger partial charge is 0.489 e. The second kappa shape index (κ2) is 6.71. The van der Waals surface area contributed by atoms with Gasteiger partial charge in [-0.2, -0.15) is 0 Å². The minimum atomic E-state index is -0.456. The third kappa shape index (κ3) is 3.93. The van der Waals surface area contributed by atoms with Crippen LogP contribution in [0.4, 0.5) is 11.4 Å². The Kier molecular flexibility index (Phi) is 4.73. The van der Waals surface area contributed by atoms with Crippen LogP contribution < -0.4 is 10.5 Å². The summed E-state index contributed by atoms with van der Waals surface area (Å²) in [7, 11) is 1.62. The summed E-state index contributed by atoms with van der Waals surface area (Å²) in [6, 6.07) is 11.8.